The fourth-order valence-corrected chi connectivity index (χ4v) is 4.69. The first kappa shape index (κ1) is 22.1. The van der Waals surface area contributed by atoms with E-state index in [0.717, 1.165) is 54.9 Å². The van der Waals surface area contributed by atoms with Gasteiger partial charge in [0.2, 0.25) is 0 Å². The fourth-order valence-electron chi connectivity index (χ4n) is 4.69. The van der Waals surface area contributed by atoms with E-state index >= 15 is 4.39 Å². The van der Waals surface area contributed by atoms with Crippen LogP contribution in [0.1, 0.15) is 32.6 Å². The largest absolute Gasteiger partial charge is 0.370 e. The number of halogens is 1. The third kappa shape index (κ3) is 3.84. The van der Waals surface area contributed by atoms with Gasteiger partial charge in [0.25, 0.3) is 0 Å². The molecule has 0 radical (unpaired) electrons. The molecular formula is C26H26FN9. The van der Waals surface area contributed by atoms with E-state index in [1.54, 1.807) is 30.9 Å². The molecule has 3 N–H and O–H groups in total. The lowest BCUT2D eigenvalue weighted by molar-refractivity contribution is 0.578. The second kappa shape index (κ2) is 9.03. The molecule has 36 heavy (non-hydrogen) atoms. The van der Waals surface area contributed by atoms with Gasteiger partial charge in [0.05, 0.1) is 34.7 Å². The Hall–Kier alpha value is -4.34. The number of allylic oxidation sites excluding steroid dienone is 1. The number of hydrogen-bond acceptors (Lipinski definition) is 7. The highest BCUT2D eigenvalue weighted by molar-refractivity contribution is 5.96. The Morgan fingerprint density at radius 3 is 2.83 bits per heavy atom. The fraction of sp³-hybridized carbons (Fsp3) is 0.269. The highest BCUT2D eigenvalue weighted by atomic mass is 19.1. The summed E-state index contributed by atoms with van der Waals surface area (Å²) >= 11 is 0. The number of rotatable bonds is 6. The summed E-state index contributed by atoms with van der Waals surface area (Å²) in [5, 5.41) is 10.8. The molecule has 0 spiro atoms. The third-order valence-corrected chi connectivity index (χ3v) is 6.60. The number of pyridine rings is 3. The van der Waals surface area contributed by atoms with Crippen LogP contribution in [-0.4, -0.2) is 48.2 Å². The Morgan fingerprint density at radius 2 is 2.00 bits per heavy atom. The molecule has 1 aliphatic heterocycles. The quantitative estimate of drug-likeness (QED) is 0.296. The lowest BCUT2D eigenvalue weighted by Crippen LogP contribution is -2.29. The standard InChI is InChI=1S/C26H26FN9/c1-3-15(2)31-17-11-16(12-28-13-17)22-21(27)20-18(14-30-22)34-35-24(20)26-32-23-19(7-8-29-25(23)33-26)36-9-5-4-6-10-36/h7-8,11-14,31H,2-6,9-10H2,1H3,(H,34,35)(H,29,32,33). The Kier molecular flexibility index (Phi) is 5.55. The molecule has 5 aromatic rings. The van der Waals surface area contributed by atoms with Crippen molar-refractivity contribution in [1.29, 1.82) is 0 Å². The van der Waals surface area contributed by atoms with E-state index in [1.165, 1.54) is 6.42 Å². The number of hydrogen-bond donors (Lipinski definition) is 3. The SMILES string of the molecule is C=C(CC)Nc1cncc(-c2ncc3[nH]nc(-c4nc5nccc(N6CCCCC6)c5[nH]4)c3c2F)c1. The van der Waals surface area contributed by atoms with Crippen molar-refractivity contribution in [3.63, 3.8) is 0 Å². The van der Waals surface area contributed by atoms with Gasteiger partial charge in [-0.05, 0) is 37.8 Å². The summed E-state index contributed by atoms with van der Waals surface area (Å²) in [6.07, 6.45) is 10.9. The van der Waals surface area contributed by atoms with E-state index in [0.29, 0.717) is 33.6 Å². The van der Waals surface area contributed by atoms with E-state index in [-0.39, 0.29) is 5.69 Å². The normalized spacial score (nSPS) is 14.0. The molecule has 1 aliphatic rings. The molecule has 0 atom stereocenters. The number of aromatic amines is 2. The molecular weight excluding hydrogens is 457 g/mol. The minimum absolute atomic E-state index is 0.187. The van der Waals surface area contributed by atoms with Crippen LogP contribution < -0.4 is 10.2 Å². The summed E-state index contributed by atoms with van der Waals surface area (Å²) in [4.78, 5) is 23.4. The molecule has 0 amide bonds. The number of fused-ring (bicyclic) bond motifs is 2. The van der Waals surface area contributed by atoms with E-state index in [9.17, 15) is 0 Å². The van der Waals surface area contributed by atoms with E-state index < -0.39 is 5.82 Å². The Labute approximate surface area is 206 Å². The molecule has 0 unspecified atom stereocenters. The van der Waals surface area contributed by atoms with Gasteiger partial charge in [-0.25, -0.2) is 14.4 Å². The first-order chi connectivity index (χ1) is 17.6. The smallest absolute Gasteiger partial charge is 0.180 e. The Bertz CT molecular complexity index is 1580. The van der Waals surface area contributed by atoms with Crippen LogP contribution in [0.4, 0.5) is 15.8 Å². The third-order valence-electron chi connectivity index (χ3n) is 6.60. The van der Waals surface area contributed by atoms with Crippen molar-refractivity contribution in [2.75, 3.05) is 23.3 Å². The summed E-state index contributed by atoms with van der Waals surface area (Å²) in [7, 11) is 0. The second-order valence-electron chi connectivity index (χ2n) is 8.99. The van der Waals surface area contributed by atoms with Gasteiger partial charge in [-0.2, -0.15) is 5.10 Å². The van der Waals surface area contributed by atoms with Crippen LogP contribution in [0.15, 0.2) is 49.2 Å². The Balaban J connectivity index is 1.43. The number of nitrogens with zero attached hydrogens (tertiary/aromatic N) is 6. The number of anilines is 2. The molecule has 6 rings (SSSR count). The van der Waals surface area contributed by atoms with Crippen LogP contribution in [0.2, 0.25) is 0 Å². The second-order valence-corrected chi connectivity index (χ2v) is 8.99. The molecule has 10 heteroatoms. The average Bonchev–Trinajstić information content (AvgIpc) is 3.54. The highest BCUT2D eigenvalue weighted by Crippen LogP contribution is 2.34. The summed E-state index contributed by atoms with van der Waals surface area (Å²) in [5.74, 6) is -0.0359. The van der Waals surface area contributed by atoms with E-state index in [1.807, 2.05) is 13.0 Å². The lowest BCUT2D eigenvalue weighted by atomic mass is 10.1. The maximum absolute atomic E-state index is 16.0. The van der Waals surface area contributed by atoms with Crippen molar-refractivity contribution in [3.05, 3.63) is 55.0 Å². The van der Waals surface area contributed by atoms with Gasteiger partial charge < -0.3 is 15.2 Å². The van der Waals surface area contributed by atoms with Crippen molar-refractivity contribution in [2.24, 2.45) is 0 Å². The number of H-pyrrole nitrogens is 2. The molecule has 0 bridgehead atoms. The van der Waals surface area contributed by atoms with Gasteiger partial charge in [-0.1, -0.05) is 13.5 Å². The van der Waals surface area contributed by atoms with Gasteiger partial charge in [-0.15, -0.1) is 0 Å². The van der Waals surface area contributed by atoms with Gasteiger partial charge in [0.1, 0.15) is 16.9 Å². The van der Waals surface area contributed by atoms with Crippen LogP contribution in [-0.2, 0) is 0 Å². The predicted molar refractivity (Wildman–Crippen MR) is 139 cm³/mol. The molecule has 1 saturated heterocycles. The Morgan fingerprint density at radius 1 is 1.14 bits per heavy atom. The van der Waals surface area contributed by atoms with Crippen molar-refractivity contribution in [2.45, 2.75) is 32.6 Å². The first-order valence-corrected chi connectivity index (χ1v) is 12.1. The zero-order valence-electron chi connectivity index (χ0n) is 20.0. The highest BCUT2D eigenvalue weighted by Gasteiger charge is 2.22. The van der Waals surface area contributed by atoms with Crippen LogP contribution in [0, 0.1) is 5.82 Å². The molecule has 5 aromatic heterocycles. The van der Waals surface area contributed by atoms with Crippen LogP contribution in [0.25, 0.3) is 44.8 Å². The van der Waals surface area contributed by atoms with Crippen LogP contribution >= 0.6 is 0 Å². The topological polar surface area (TPSA) is 111 Å². The maximum atomic E-state index is 16.0. The van der Waals surface area contributed by atoms with Gasteiger partial charge >= 0.3 is 0 Å². The molecule has 0 aromatic carbocycles. The van der Waals surface area contributed by atoms with E-state index in [2.05, 4.69) is 51.9 Å². The van der Waals surface area contributed by atoms with Crippen molar-refractivity contribution in [1.82, 2.24) is 35.1 Å². The lowest BCUT2D eigenvalue weighted by Gasteiger charge is -2.28. The van der Waals surface area contributed by atoms with E-state index in [4.69, 9.17) is 0 Å². The maximum Gasteiger partial charge on any atom is 0.180 e. The monoisotopic (exact) mass is 483 g/mol. The van der Waals surface area contributed by atoms with Crippen molar-refractivity contribution in [3.8, 4) is 22.8 Å². The zero-order valence-corrected chi connectivity index (χ0v) is 20.0. The number of piperidine rings is 1. The predicted octanol–water partition coefficient (Wildman–Crippen LogP) is 5.42. The minimum Gasteiger partial charge on any atom is -0.370 e. The van der Waals surface area contributed by atoms with Gasteiger partial charge in [0.15, 0.2) is 17.3 Å². The van der Waals surface area contributed by atoms with Crippen LogP contribution in [0.3, 0.4) is 0 Å². The number of imidazole rings is 1. The zero-order chi connectivity index (χ0) is 24.6. The van der Waals surface area contributed by atoms with Crippen LogP contribution in [0.5, 0.6) is 0 Å². The summed E-state index contributed by atoms with van der Waals surface area (Å²) in [5.41, 5.74) is 5.65. The molecule has 0 saturated carbocycles. The average molecular weight is 484 g/mol. The van der Waals surface area contributed by atoms with Crippen molar-refractivity contribution < 1.29 is 4.39 Å². The number of aromatic nitrogens is 7. The molecule has 182 valence electrons. The summed E-state index contributed by atoms with van der Waals surface area (Å²) < 4.78 is 16.0. The van der Waals surface area contributed by atoms with Crippen molar-refractivity contribution >= 4 is 33.4 Å². The molecule has 6 heterocycles. The molecule has 0 aliphatic carbocycles. The molecule has 9 nitrogen and oxygen atoms in total. The number of nitrogens with one attached hydrogen (secondary N) is 3. The minimum atomic E-state index is -0.491. The van der Waals surface area contributed by atoms with Gasteiger partial charge in [-0.3, -0.25) is 15.1 Å². The molecule has 1 fully saturated rings. The first-order valence-electron chi connectivity index (χ1n) is 12.1. The van der Waals surface area contributed by atoms with Gasteiger partial charge in [0, 0.05) is 36.7 Å². The summed E-state index contributed by atoms with van der Waals surface area (Å²) in [6.45, 7) is 7.96. The summed E-state index contributed by atoms with van der Waals surface area (Å²) in [6, 6.07) is 3.81.